The van der Waals surface area contributed by atoms with Gasteiger partial charge in [0.1, 0.15) is 11.8 Å². The summed E-state index contributed by atoms with van der Waals surface area (Å²) in [4.78, 5) is 24.8. The van der Waals surface area contributed by atoms with Crippen molar-refractivity contribution in [3.05, 3.63) is 71.8 Å². The number of carbonyl (C=O) groups is 2. The Kier molecular flexibility index (Phi) is 3.85. The molecule has 2 aromatic rings. The van der Waals surface area contributed by atoms with Gasteiger partial charge in [0.05, 0.1) is 17.6 Å². The summed E-state index contributed by atoms with van der Waals surface area (Å²) in [5, 5.41) is 21.5. The van der Waals surface area contributed by atoms with E-state index in [1.54, 1.807) is 60.7 Å². The van der Waals surface area contributed by atoms with Gasteiger partial charge in [0.25, 0.3) is 0 Å². The van der Waals surface area contributed by atoms with E-state index in [0.29, 0.717) is 11.1 Å². The first-order chi connectivity index (χ1) is 11.7. The van der Waals surface area contributed by atoms with Crippen molar-refractivity contribution in [1.29, 1.82) is 10.5 Å². The van der Waals surface area contributed by atoms with Crippen molar-refractivity contribution < 1.29 is 9.59 Å². The Bertz CT molecular complexity index is 789. The zero-order chi connectivity index (χ0) is 17.2. The van der Waals surface area contributed by atoms with Crippen molar-refractivity contribution in [1.82, 2.24) is 5.32 Å². The number of carbonyl (C=O) groups excluding carboxylic acids is 2. The standard InChI is InChI=1S/C19H13N3O2/c20-11-15-17(23)22-18(24)16(12-21)19(15,13-7-3-1-4-8-13)14-9-5-2-6-10-14/h1-10,15-16H,(H,22,23,24). The summed E-state index contributed by atoms with van der Waals surface area (Å²) in [6.07, 6.45) is 0. The normalized spacial score (nSPS) is 22.1. The molecular weight excluding hydrogens is 302 g/mol. The molecule has 1 N–H and O–H groups in total. The highest BCUT2D eigenvalue weighted by Gasteiger charge is 2.58. The van der Waals surface area contributed by atoms with Gasteiger partial charge in [0, 0.05) is 0 Å². The van der Waals surface area contributed by atoms with Gasteiger partial charge in [-0.3, -0.25) is 14.9 Å². The van der Waals surface area contributed by atoms with Crippen LogP contribution < -0.4 is 5.32 Å². The maximum Gasteiger partial charge on any atom is 0.245 e. The number of imide groups is 1. The Hall–Kier alpha value is -3.44. The third-order valence-corrected chi connectivity index (χ3v) is 4.44. The molecule has 2 atom stereocenters. The van der Waals surface area contributed by atoms with E-state index in [1.807, 2.05) is 12.1 Å². The SMILES string of the molecule is N#CC1C(=O)NC(=O)C(C#N)C1(c1ccccc1)c1ccccc1. The van der Waals surface area contributed by atoms with Crippen molar-refractivity contribution in [2.24, 2.45) is 11.8 Å². The molecule has 3 rings (SSSR count). The lowest BCUT2D eigenvalue weighted by atomic mass is 9.57. The largest absolute Gasteiger partial charge is 0.294 e. The number of piperidine rings is 1. The van der Waals surface area contributed by atoms with Crippen molar-refractivity contribution in [3.8, 4) is 12.1 Å². The van der Waals surface area contributed by atoms with Crippen LogP contribution in [0.4, 0.5) is 0 Å². The van der Waals surface area contributed by atoms with Crippen LogP contribution in [0, 0.1) is 34.5 Å². The molecule has 1 saturated heterocycles. The van der Waals surface area contributed by atoms with Crippen LogP contribution >= 0.6 is 0 Å². The summed E-state index contributed by atoms with van der Waals surface area (Å²) in [5.41, 5.74) is -0.152. The fourth-order valence-electron chi connectivity index (χ4n) is 3.43. The number of hydrogen-bond donors (Lipinski definition) is 1. The minimum Gasteiger partial charge on any atom is -0.294 e. The smallest absolute Gasteiger partial charge is 0.245 e. The molecule has 24 heavy (non-hydrogen) atoms. The molecular formula is C19H13N3O2. The highest BCUT2D eigenvalue weighted by molar-refractivity contribution is 6.05. The summed E-state index contributed by atoms with van der Waals surface area (Å²) < 4.78 is 0. The molecule has 0 saturated carbocycles. The van der Waals surface area contributed by atoms with Crippen LogP contribution in [0.1, 0.15) is 11.1 Å². The molecule has 1 heterocycles. The first kappa shape index (κ1) is 15.5. The second-order valence-electron chi connectivity index (χ2n) is 5.58. The zero-order valence-corrected chi connectivity index (χ0v) is 12.6. The average Bonchev–Trinajstić information content (AvgIpc) is 2.62. The first-order valence-corrected chi connectivity index (χ1v) is 7.41. The van der Waals surface area contributed by atoms with E-state index < -0.39 is 29.1 Å². The van der Waals surface area contributed by atoms with Crippen LogP contribution in [0.3, 0.4) is 0 Å². The fraction of sp³-hybridized carbons (Fsp3) is 0.158. The first-order valence-electron chi connectivity index (χ1n) is 7.41. The molecule has 1 aliphatic rings. The van der Waals surface area contributed by atoms with Crippen LogP contribution in [0.25, 0.3) is 0 Å². The van der Waals surface area contributed by atoms with Gasteiger partial charge in [-0.05, 0) is 11.1 Å². The molecule has 5 nitrogen and oxygen atoms in total. The van der Waals surface area contributed by atoms with Crippen LogP contribution in [-0.2, 0) is 15.0 Å². The molecule has 2 unspecified atom stereocenters. The maximum atomic E-state index is 12.4. The van der Waals surface area contributed by atoms with Gasteiger partial charge in [-0.25, -0.2) is 0 Å². The second-order valence-corrected chi connectivity index (χ2v) is 5.58. The van der Waals surface area contributed by atoms with Gasteiger partial charge in [-0.15, -0.1) is 0 Å². The zero-order valence-electron chi connectivity index (χ0n) is 12.6. The number of nitrogens with one attached hydrogen (secondary N) is 1. The quantitative estimate of drug-likeness (QED) is 0.857. The minimum absolute atomic E-state index is 0.595. The molecule has 1 aliphatic heterocycles. The monoisotopic (exact) mass is 315 g/mol. The van der Waals surface area contributed by atoms with Crippen LogP contribution in [0.5, 0.6) is 0 Å². The summed E-state index contributed by atoms with van der Waals surface area (Å²) in [7, 11) is 0. The number of nitrogens with zero attached hydrogens (tertiary/aromatic N) is 2. The van der Waals surface area contributed by atoms with E-state index >= 15 is 0 Å². The van der Waals surface area contributed by atoms with Crippen LogP contribution in [0.2, 0.25) is 0 Å². The highest BCUT2D eigenvalue weighted by atomic mass is 16.2. The molecule has 2 aromatic carbocycles. The molecule has 116 valence electrons. The summed E-state index contributed by atoms with van der Waals surface area (Å²) >= 11 is 0. The summed E-state index contributed by atoms with van der Waals surface area (Å²) in [6, 6.07) is 21.7. The lowest BCUT2D eigenvalue weighted by Gasteiger charge is -2.43. The van der Waals surface area contributed by atoms with E-state index in [2.05, 4.69) is 5.32 Å². The van der Waals surface area contributed by atoms with E-state index in [4.69, 9.17) is 0 Å². The highest BCUT2D eigenvalue weighted by Crippen LogP contribution is 2.47. The maximum absolute atomic E-state index is 12.4. The Labute approximate surface area is 139 Å². The average molecular weight is 315 g/mol. The Balaban J connectivity index is 2.42. The van der Waals surface area contributed by atoms with Gasteiger partial charge in [0.15, 0.2) is 0 Å². The molecule has 0 aliphatic carbocycles. The topological polar surface area (TPSA) is 93.8 Å². The van der Waals surface area contributed by atoms with Crippen molar-refractivity contribution in [2.75, 3.05) is 0 Å². The van der Waals surface area contributed by atoms with Crippen LogP contribution in [-0.4, -0.2) is 11.8 Å². The Morgan fingerprint density at radius 2 is 1.12 bits per heavy atom. The van der Waals surface area contributed by atoms with Crippen molar-refractivity contribution in [3.63, 3.8) is 0 Å². The lowest BCUT2D eigenvalue weighted by molar-refractivity contribution is -0.140. The molecule has 0 spiro atoms. The summed E-state index contributed by atoms with van der Waals surface area (Å²) in [5.74, 6) is -3.74. The fourth-order valence-corrected chi connectivity index (χ4v) is 3.43. The predicted octanol–water partition coefficient (Wildman–Crippen LogP) is 1.91. The molecule has 5 heteroatoms. The predicted molar refractivity (Wildman–Crippen MR) is 85.0 cm³/mol. The van der Waals surface area contributed by atoms with Gasteiger partial charge in [-0.2, -0.15) is 10.5 Å². The van der Waals surface area contributed by atoms with E-state index in [9.17, 15) is 20.1 Å². The number of amides is 2. The third-order valence-electron chi connectivity index (χ3n) is 4.44. The number of benzene rings is 2. The third kappa shape index (κ3) is 2.07. The number of hydrogen-bond acceptors (Lipinski definition) is 4. The van der Waals surface area contributed by atoms with Gasteiger partial charge < -0.3 is 0 Å². The molecule has 1 fully saturated rings. The second kappa shape index (κ2) is 5.98. The molecule has 0 aromatic heterocycles. The van der Waals surface area contributed by atoms with E-state index in [0.717, 1.165) is 0 Å². The van der Waals surface area contributed by atoms with E-state index in [1.165, 1.54) is 0 Å². The Morgan fingerprint density at radius 3 is 1.46 bits per heavy atom. The molecule has 2 amide bonds. The van der Waals surface area contributed by atoms with Gasteiger partial charge in [0.2, 0.25) is 11.8 Å². The minimum atomic E-state index is -1.34. The molecule has 0 radical (unpaired) electrons. The number of rotatable bonds is 2. The molecule has 0 bridgehead atoms. The van der Waals surface area contributed by atoms with Crippen molar-refractivity contribution in [2.45, 2.75) is 5.41 Å². The van der Waals surface area contributed by atoms with Crippen LogP contribution in [0.15, 0.2) is 60.7 Å². The van der Waals surface area contributed by atoms with Gasteiger partial charge in [-0.1, -0.05) is 60.7 Å². The van der Waals surface area contributed by atoms with E-state index in [-0.39, 0.29) is 0 Å². The summed E-state index contributed by atoms with van der Waals surface area (Å²) in [6.45, 7) is 0. The van der Waals surface area contributed by atoms with Gasteiger partial charge >= 0.3 is 0 Å². The van der Waals surface area contributed by atoms with Crippen molar-refractivity contribution >= 4 is 11.8 Å². The number of nitriles is 2. The Morgan fingerprint density at radius 1 is 0.750 bits per heavy atom. The lowest BCUT2D eigenvalue weighted by Crippen LogP contribution is -2.60.